The molecule has 0 saturated heterocycles. The van der Waals surface area contributed by atoms with Crippen LogP contribution in [0.2, 0.25) is 0 Å². The smallest absolute Gasteiger partial charge is 0.0317 e. The molecule has 0 spiro atoms. The van der Waals surface area contributed by atoms with E-state index in [1.165, 1.54) is 24.8 Å². The number of hydrogen-bond donors (Lipinski definition) is 2. The van der Waals surface area contributed by atoms with Gasteiger partial charge in [-0.2, -0.15) is 0 Å². The normalized spacial score (nSPS) is 11.7. The minimum Gasteiger partial charge on any atom is -0.399 e. The first-order valence-electron chi connectivity index (χ1n) is 6.25. The third kappa shape index (κ3) is 3.24. The van der Waals surface area contributed by atoms with Crippen molar-refractivity contribution in [2.45, 2.75) is 52.1 Å². The minimum absolute atomic E-state index is 0.282. The van der Waals surface area contributed by atoms with Crippen molar-refractivity contribution in [2.75, 3.05) is 5.73 Å². The van der Waals surface area contributed by atoms with Gasteiger partial charge in [0.2, 0.25) is 0 Å². The maximum absolute atomic E-state index is 5.77. The van der Waals surface area contributed by atoms with E-state index in [1.807, 2.05) is 18.2 Å². The predicted molar refractivity (Wildman–Crippen MR) is 71.3 cm³/mol. The van der Waals surface area contributed by atoms with Crippen LogP contribution in [0.4, 0.5) is 5.69 Å². The van der Waals surface area contributed by atoms with E-state index in [2.05, 4.69) is 32.2 Å². The second-order valence-corrected chi connectivity index (χ2v) is 4.44. The van der Waals surface area contributed by atoms with E-state index in [-0.39, 0.29) is 5.54 Å². The third-order valence-corrected chi connectivity index (χ3v) is 3.65. The predicted octanol–water partition coefficient (Wildman–Crippen LogP) is 3.33. The Hall–Kier alpha value is -1.02. The number of nitrogens with one attached hydrogen (secondary N) is 1. The monoisotopic (exact) mass is 220 g/mol. The fourth-order valence-electron chi connectivity index (χ4n) is 2.12. The lowest BCUT2D eigenvalue weighted by molar-refractivity contribution is 0.288. The van der Waals surface area contributed by atoms with E-state index < -0.39 is 0 Å². The quantitative estimate of drug-likeness (QED) is 0.722. The molecule has 0 radical (unpaired) electrons. The molecule has 0 saturated carbocycles. The Bertz CT molecular complexity index is 308. The molecule has 0 aliphatic rings. The standard InChI is InChI=1S/C14H24N2/c1-4-14(5-2,6-3)16-11-12-8-7-9-13(15)10-12/h7-10,16H,4-6,11,15H2,1-3H3. The van der Waals surface area contributed by atoms with Crippen LogP contribution in [0.5, 0.6) is 0 Å². The molecule has 2 heteroatoms. The second-order valence-electron chi connectivity index (χ2n) is 4.44. The van der Waals surface area contributed by atoms with Gasteiger partial charge in [0.15, 0.2) is 0 Å². The molecule has 0 aromatic heterocycles. The van der Waals surface area contributed by atoms with Gasteiger partial charge in [-0.15, -0.1) is 0 Å². The van der Waals surface area contributed by atoms with Gasteiger partial charge >= 0.3 is 0 Å². The number of nitrogens with two attached hydrogens (primary N) is 1. The van der Waals surface area contributed by atoms with E-state index in [0.29, 0.717) is 0 Å². The molecule has 1 aromatic carbocycles. The molecular formula is C14H24N2. The zero-order chi connectivity index (χ0) is 12.0. The Morgan fingerprint density at radius 1 is 1.12 bits per heavy atom. The SMILES string of the molecule is CCC(CC)(CC)NCc1cccc(N)c1. The first-order chi connectivity index (χ1) is 7.65. The number of nitrogen functional groups attached to an aromatic ring is 1. The maximum Gasteiger partial charge on any atom is 0.0317 e. The highest BCUT2D eigenvalue weighted by atomic mass is 15.0. The molecule has 0 unspecified atom stereocenters. The summed E-state index contributed by atoms with van der Waals surface area (Å²) in [7, 11) is 0. The van der Waals surface area contributed by atoms with Gasteiger partial charge in [0, 0.05) is 17.8 Å². The molecule has 90 valence electrons. The summed E-state index contributed by atoms with van der Waals surface area (Å²) in [5.41, 5.74) is 8.16. The second kappa shape index (κ2) is 5.90. The highest BCUT2D eigenvalue weighted by Gasteiger charge is 2.22. The molecule has 0 amide bonds. The maximum atomic E-state index is 5.77. The fraction of sp³-hybridized carbons (Fsp3) is 0.571. The Balaban J connectivity index is 2.62. The van der Waals surface area contributed by atoms with E-state index in [0.717, 1.165) is 12.2 Å². The first kappa shape index (κ1) is 13.0. The van der Waals surface area contributed by atoms with Crippen LogP contribution in [0.1, 0.15) is 45.6 Å². The Morgan fingerprint density at radius 2 is 1.75 bits per heavy atom. The van der Waals surface area contributed by atoms with Crippen LogP contribution < -0.4 is 11.1 Å². The fourth-order valence-corrected chi connectivity index (χ4v) is 2.12. The highest BCUT2D eigenvalue weighted by molar-refractivity contribution is 5.40. The lowest BCUT2D eigenvalue weighted by Gasteiger charge is -2.32. The molecule has 0 aliphatic heterocycles. The van der Waals surface area contributed by atoms with Crippen molar-refractivity contribution in [1.29, 1.82) is 0 Å². The lowest BCUT2D eigenvalue weighted by atomic mass is 9.89. The van der Waals surface area contributed by atoms with Crippen LogP contribution in [0, 0.1) is 0 Å². The summed E-state index contributed by atoms with van der Waals surface area (Å²) in [6.45, 7) is 7.65. The molecule has 16 heavy (non-hydrogen) atoms. The molecule has 0 aliphatic carbocycles. The summed E-state index contributed by atoms with van der Waals surface area (Å²) in [5, 5.41) is 3.67. The highest BCUT2D eigenvalue weighted by Crippen LogP contribution is 2.20. The summed E-state index contributed by atoms with van der Waals surface area (Å²) < 4.78 is 0. The van der Waals surface area contributed by atoms with Crippen molar-refractivity contribution in [1.82, 2.24) is 5.32 Å². The summed E-state index contributed by atoms with van der Waals surface area (Å²) in [6.07, 6.45) is 3.51. The number of hydrogen-bond acceptors (Lipinski definition) is 2. The first-order valence-corrected chi connectivity index (χ1v) is 6.25. The average molecular weight is 220 g/mol. The molecular weight excluding hydrogens is 196 g/mol. The number of rotatable bonds is 6. The van der Waals surface area contributed by atoms with Crippen LogP contribution in [-0.2, 0) is 6.54 Å². The van der Waals surface area contributed by atoms with E-state index >= 15 is 0 Å². The van der Waals surface area contributed by atoms with Crippen LogP contribution in [0.15, 0.2) is 24.3 Å². The van der Waals surface area contributed by atoms with Gasteiger partial charge < -0.3 is 11.1 Å². The largest absolute Gasteiger partial charge is 0.399 e. The summed E-state index contributed by atoms with van der Waals surface area (Å²) in [5.74, 6) is 0. The molecule has 1 aromatic rings. The molecule has 1 rings (SSSR count). The summed E-state index contributed by atoms with van der Waals surface area (Å²) >= 11 is 0. The van der Waals surface area contributed by atoms with Gasteiger partial charge in [0.1, 0.15) is 0 Å². The van der Waals surface area contributed by atoms with Crippen molar-refractivity contribution < 1.29 is 0 Å². The van der Waals surface area contributed by atoms with Crippen molar-refractivity contribution in [3.8, 4) is 0 Å². The Labute approximate surface area is 99.2 Å². The van der Waals surface area contributed by atoms with Gasteiger partial charge in [-0.05, 0) is 37.0 Å². The van der Waals surface area contributed by atoms with E-state index in [4.69, 9.17) is 5.73 Å². The van der Waals surface area contributed by atoms with E-state index in [1.54, 1.807) is 0 Å². The van der Waals surface area contributed by atoms with Crippen LogP contribution >= 0.6 is 0 Å². The van der Waals surface area contributed by atoms with Crippen molar-refractivity contribution in [3.63, 3.8) is 0 Å². The van der Waals surface area contributed by atoms with Gasteiger partial charge in [0.05, 0.1) is 0 Å². The van der Waals surface area contributed by atoms with Crippen molar-refractivity contribution in [2.24, 2.45) is 0 Å². The summed E-state index contributed by atoms with van der Waals surface area (Å²) in [6, 6.07) is 8.10. The average Bonchev–Trinajstić information content (AvgIpc) is 2.32. The van der Waals surface area contributed by atoms with E-state index in [9.17, 15) is 0 Å². The van der Waals surface area contributed by atoms with Crippen LogP contribution in [0.3, 0.4) is 0 Å². The minimum atomic E-state index is 0.282. The zero-order valence-corrected chi connectivity index (χ0v) is 10.7. The molecule has 0 heterocycles. The van der Waals surface area contributed by atoms with Crippen LogP contribution in [-0.4, -0.2) is 5.54 Å². The molecule has 2 nitrogen and oxygen atoms in total. The molecule has 0 bridgehead atoms. The van der Waals surface area contributed by atoms with Gasteiger partial charge in [-0.3, -0.25) is 0 Å². The third-order valence-electron chi connectivity index (χ3n) is 3.65. The molecule has 0 atom stereocenters. The summed E-state index contributed by atoms with van der Waals surface area (Å²) in [4.78, 5) is 0. The molecule has 0 fully saturated rings. The van der Waals surface area contributed by atoms with Gasteiger partial charge in [-0.25, -0.2) is 0 Å². The van der Waals surface area contributed by atoms with Gasteiger partial charge in [0.25, 0.3) is 0 Å². The van der Waals surface area contributed by atoms with Crippen LogP contribution in [0.25, 0.3) is 0 Å². The number of anilines is 1. The zero-order valence-electron chi connectivity index (χ0n) is 10.7. The molecule has 3 N–H and O–H groups in total. The van der Waals surface area contributed by atoms with Crippen molar-refractivity contribution in [3.05, 3.63) is 29.8 Å². The number of benzene rings is 1. The topological polar surface area (TPSA) is 38.0 Å². The van der Waals surface area contributed by atoms with Crippen molar-refractivity contribution >= 4 is 5.69 Å². The Morgan fingerprint density at radius 3 is 2.25 bits per heavy atom. The Kier molecular flexibility index (Phi) is 4.81. The lowest BCUT2D eigenvalue weighted by Crippen LogP contribution is -2.43. The van der Waals surface area contributed by atoms with Gasteiger partial charge in [-0.1, -0.05) is 32.9 Å².